The molecule has 0 saturated heterocycles. The van der Waals surface area contributed by atoms with Gasteiger partial charge in [0.2, 0.25) is 10.0 Å². The van der Waals surface area contributed by atoms with Crippen LogP contribution in [0.4, 0.5) is 10.1 Å². The van der Waals surface area contributed by atoms with Gasteiger partial charge in [-0.1, -0.05) is 0 Å². The third-order valence-electron chi connectivity index (χ3n) is 3.30. The highest BCUT2D eigenvalue weighted by Gasteiger charge is 2.12. The van der Waals surface area contributed by atoms with Gasteiger partial charge in [-0.25, -0.2) is 17.9 Å². The first kappa shape index (κ1) is 18.0. The van der Waals surface area contributed by atoms with Crippen molar-refractivity contribution in [2.24, 2.45) is 5.14 Å². The van der Waals surface area contributed by atoms with Crippen molar-refractivity contribution in [1.82, 2.24) is 0 Å². The SMILES string of the molecule is CCOc1cc(CNc2ccc(S(N)(=O)=O)cc2)c(F)cc1OC. The highest BCUT2D eigenvalue weighted by atomic mass is 32.2. The van der Waals surface area contributed by atoms with Crippen LogP contribution in [0.5, 0.6) is 11.5 Å². The molecular weight excluding hydrogens is 335 g/mol. The van der Waals surface area contributed by atoms with Gasteiger partial charge >= 0.3 is 0 Å². The number of hydrogen-bond acceptors (Lipinski definition) is 5. The zero-order chi connectivity index (χ0) is 17.7. The lowest BCUT2D eigenvalue weighted by molar-refractivity contribution is 0.309. The fourth-order valence-corrected chi connectivity index (χ4v) is 2.62. The van der Waals surface area contributed by atoms with Crippen LogP contribution in [0, 0.1) is 5.82 Å². The molecule has 0 atom stereocenters. The first-order valence-electron chi connectivity index (χ1n) is 7.21. The second-order valence-electron chi connectivity index (χ2n) is 4.95. The lowest BCUT2D eigenvalue weighted by Gasteiger charge is -2.13. The Morgan fingerprint density at radius 3 is 2.38 bits per heavy atom. The molecule has 3 N–H and O–H groups in total. The molecule has 0 aliphatic rings. The Labute approximate surface area is 140 Å². The number of benzene rings is 2. The van der Waals surface area contributed by atoms with Crippen LogP contribution >= 0.6 is 0 Å². The third kappa shape index (κ3) is 4.36. The van der Waals surface area contributed by atoms with Crippen molar-refractivity contribution in [3.8, 4) is 11.5 Å². The van der Waals surface area contributed by atoms with Crippen LogP contribution in [0.3, 0.4) is 0 Å². The molecule has 8 heteroatoms. The first-order chi connectivity index (χ1) is 11.3. The molecule has 2 rings (SSSR count). The highest BCUT2D eigenvalue weighted by molar-refractivity contribution is 7.89. The minimum atomic E-state index is -3.73. The number of methoxy groups -OCH3 is 1. The number of nitrogens with two attached hydrogens (primary N) is 1. The van der Waals surface area contributed by atoms with E-state index in [9.17, 15) is 12.8 Å². The summed E-state index contributed by atoms with van der Waals surface area (Å²) >= 11 is 0. The predicted molar refractivity (Wildman–Crippen MR) is 89.3 cm³/mol. The molecule has 0 radical (unpaired) electrons. The van der Waals surface area contributed by atoms with Gasteiger partial charge in [0.1, 0.15) is 5.82 Å². The van der Waals surface area contributed by atoms with Crippen LogP contribution in [-0.4, -0.2) is 22.1 Å². The first-order valence-corrected chi connectivity index (χ1v) is 8.75. The Bertz CT molecular complexity index is 808. The van der Waals surface area contributed by atoms with E-state index in [1.165, 1.54) is 25.3 Å². The molecule has 0 heterocycles. The van der Waals surface area contributed by atoms with E-state index in [1.807, 2.05) is 6.92 Å². The van der Waals surface area contributed by atoms with Crippen molar-refractivity contribution in [3.63, 3.8) is 0 Å². The van der Waals surface area contributed by atoms with E-state index in [-0.39, 0.29) is 11.4 Å². The molecular formula is C16H19FN2O4S. The number of halogens is 1. The summed E-state index contributed by atoms with van der Waals surface area (Å²) in [6.45, 7) is 2.46. The number of hydrogen-bond donors (Lipinski definition) is 2. The van der Waals surface area contributed by atoms with Gasteiger partial charge in [0.15, 0.2) is 11.5 Å². The minimum Gasteiger partial charge on any atom is -0.493 e. The molecule has 0 fully saturated rings. The van der Waals surface area contributed by atoms with Gasteiger partial charge in [0.05, 0.1) is 18.6 Å². The normalized spacial score (nSPS) is 11.2. The third-order valence-corrected chi connectivity index (χ3v) is 4.23. The maximum absolute atomic E-state index is 14.1. The maximum Gasteiger partial charge on any atom is 0.238 e. The van der Waals surface area contributed by atoms with E-state index in [4.69, 9.17) is 14.6 Å². The monoisotopic (exact) mass is 354 g/mol. The summed E-state index contributed by atoms with van der Waals surface area (Å²) in [6.07, 6.45) is 0. The molecule has 6 nitrogen and oxygen atoms in total. The fourth-order valence-electron chi connectivity index (χ4n) is 2.10. The van der Waals surface area contributed by atoms with Crippen molar-refractivity contribution in [2.45, 2.75) is 18.4 Å². The van der Waals surface area contributed by atoms with Crippen LogP contribution in [-0.2, 0) is 16.6 Å². The Morgan fingerprint density at radius 2 is 1.83 bits per heavy atom. The average molecular weight is 354 g/mol. The molecule has 0 saturated carbocycles. The van der Waals surface area contributed by atoms with Crippen molar-refractivity contribution in [2.75, 3.05) is 19.0 Å². The molecule has 0 aliphatic heterocycles. The molecule has 0 amide bonds. The lowest BCUT2D eigenvalue weighted by Crippen LogP contribution is -2.12. The van der Waals surface area contributed by atoms with Gasteiger partial charge in [-0.05, 0) is 37.3 Å². The van der Waals surface area contributed by atoms with Crippen LogP contribution in [0.1, 0.15) is 12.5 Å². The van der Waals surface area contributed by atoms with Crippen LogP contribution in [0.2, 0.25) is 0 Å². The smallest absolute Gasteiger partial charge is 0.238 e. The van der Waals surface area contributed by atoms with Crippen LogP contribution in [0.15, 0.2) is 41.3 Å². The summed E-state index contributed by atoms with van der Waals surface area (Å²) in [5, 5.41) is 8.06. The summed E-state index contributed by atoms with van der Waals surface area (Å²) in [6, 6.07) is 8.73. The molecule has 0 spiro atoms. The number of nitrogens with one attached hydrogen (secondary N) is 1. The molecule has 0 aliphatic carbocycles. The van der Waals surface area contributed by atoms with Gasteiger partial charge in [-0.15, -0.1) is 0 Å². The van der Waals surface area contributed by atoms with E-state index in [0.717, 1.165) is 0 Å². The van der Waals surface area contributed by atoms with Crippen molar-refractivity contribution < 1.29 is 22.3 Å². The zero-order valence-electron chi connectivity index (χ0n) is 13.4. The molecule has 24 heavy (non-hydrogen) atoms. The van der Waals surface area contributed by atoms with Crippen molar-refractivity contribution >= 4 is 15.7 Å². The number of ether oxygens (including phenoxy) is 2. The predicted octanol–water partition coefficient (Wildman–Crippen LogP) is 2.49. The van der Waals surface area contributed by atoms with Gasteiger partial charge in [0, 0.05) is 23.9 Å². The standard InChI is InChI=1S/C16H19FN2O4S/c1-3-23-16-8-11(14(17)9-15(16)22-2)10-19-12-4-6-13(7-5-12)24(18,20)21/h4-9,19H,3,10H2,1-2H3,(H2,18,20,21). The number of primary sulfonamides is 1. The largest absolute Gasteiger partial charge is 0.493 e. The van der Waals surface area contributed by atoms with Crippen LogP contribution in [0.25, 0.3) is 0 Å². The zero-order valence-corrected chi connectivity index (χ0v) is 14.2. The van der Waals surface area contributed by atoms with E-state index in [1.54, 1.807) is 18.2 Å². The maximum atomic E-state index is 14.1. The van der Waals surface area contributed by atoms with E-state index < -0.39 is 15.8 Å². The Balaban J connectivity index is 2.15. The molecule has 2 aromatic rings. The highest BCUT2D eigenvalue weighted by Crippen LogP contribution is 2.30. The van der Waals surface area contributed by atoms with Gasteiger partial charge in [-0.2, -0.15) is 0 Å². The molecule has 0 bridgehead atoms. The molecule has 0 aromatic heterocycles. The van der Waals surface area contributed by atoms with Gasteiger partial charge < -0.3 is 14.8 Å². The van der Waals surface area contributed by atoms with E-state index in [0.29, 0.717) is 29.4 Å². The Kier molecular flexibility index (Phi) is 5.63. The quantitative estimate of drug-likeness (QED) is 0.797. The van der Waals surface area contributed by atoms with Gasteiger partial charge in [0.25, 0.3) is 0 Å². The summed E-state index contributed by atoms with van der Waals surface area (Å²) < 4.78 is 47.0. The van der Waals surface area contributed by atoms with E-state index in [2.05, 4.69) is 5.32 Å². The van der Waals surface area contributed by atoms with Crippen molar-refractivity contribution in [1.29, 1.82) is 0 Å². The summed E-state index contributed by atoms with van der Waals surface area (Å²) in [4.78, 5) is 0.0160. The summed E-state index contributed by atoms with van der Waals surface area (Å²) in [5.74, 6) is 0.363. The summed E-state index contributed by atoms with van der Waals surface area (Å²) in [5.41, 5.74) is 1.03. The Hall–Kier alpha value is -2.32. The van der Waals surface area contributed by atoms with E-state index >= 15 is 0 Å². The number of rotatable bonds is 7. The average Bonchev–Trinajstić information content (AvgIpc) is 2.54. The number of sulfonamides is 1. The molecule has 130 valence electrons. The molecule has 0 unspecified atom stereocenters. The number of anilines is 1. The Morgan fingerprint density at radius 1 is 1.17 bits per heavy atom. The fraction of sp³-hybridized carbons (Fsp3) is 0.250. The second kappa shape index (κ2) is 7.50. The topological polar surface area (TPSA) is 90.6 Å². The van der Waals surface area contributed by atoms with Crippen molar-refractivity contribution in [3.05, 3.63) is 47.8 Å². The summed E-state index contributed by atoms with van der Waals surface area (Å²) in [7, 11) is -2.28. The minimum absolute atomic E-state index is 0.0160. The lowest BCUT2D eigenvalue weighted by atomic mass is 10.1. The van der Waals surface area contributed by atoms with Crippen LogP contribution < -0.4 is 19.9 Å². The second-order valence-corrected chi connectivity index (χ2v) is 6.51. The molecule has 2 aromatic carbocycles. The van der Waals surface area contributed by atoms with Gasteiger partial charge in [-0.3, -0.25) is 0 Å².